The first-order chi connectivity index (χ1) is 9.47. The standard InChI is InChI=1S/C17H18BrNO/c1-12-5-4-6-14(9-12)11-19(3)17(20)15-10-13(2)7-8-16(15)18/h4-10H,11H2,1-3H3. The summed E-state index contributed by atoms with van der Waals surface area (Å²) in [6.45, 7) is 4.66. The number of carbonyl (C=O) groups is 1. The lowest BCUT2D eigenvalue weighted by Crippen LogP contribution is -2.26. The van der Waals surface area contributed by atoms with Crippen molar-refractivity contribution in [2.45, 2.75) is 20.4 Å². The monoisotopic (exact) mass is 331 g/mol. The quantitative estimate of drug-likeness (QED) is 0.819. The average Bonchev–Trinajstić information content (AvgIpc) is 2.40. The van der Waals surface area contributed by atoms with Crippen LogP contribution in [-0.4, -0.2) is 17.9 Å². The summed E-state index contributed by atoms with van der Waals surface area (Å²) in [4.78, 5) is 14.2. The lowest BCUT2D eigenvalue weighted by molar-refractivity contribution is 0.0784. The third kappa shape index (κ3) is 3.48. The van der Waals surface area contributed by atoms with Crippen molar-refractivity contribution in [3.8, 4) is 0 Å². The van der Waals surface area contributed by atoms with Crippen molar-refractivity contribution in [3.63, 3.8) is 0 Å². The molecule has 0 saturated heterocycles. The van der Waals surface area contributed by atoms with Crippen molar-refractivity contribution in [2.75, 3.05) is 7.05 Å². The predicted octanol–water partition coefficient (Wildman–Crippen LogP) is 4.34. The summed E-state index contributed by atoms with van der Waals surface area (Å²) in [6, 6.07) is 14.1. The van der Waals surface area contributed by atoms with Gasteiger partial charge in [0.2, 0.25) is 0 Å². The average molecular weight is 332 g/mol. The molecule has 0 aliphatic carbocycles. The Morgan fingerprint density at radius 3 is 2.50 bits per heavy atom. The first-order valence-corrected chi connectivity index (χ1v) is 7.34. The van der Waals surface area contributed by atoms with Crippen molar-refractivity contribution < 1.29 is 4.79 Å². The van der Waals surface area contributed by atoms with Gasteiger partial charge in [0, 0.05) is 18.1 Å². The molecule has 104 valence electrons. The molecule has 2 aromatic carbocycles. The van der Waals surface area contributed by atoms with Gasteiger partial charge in [-0.05, 0) is 47.5 Å². The van der Waals surface area contributed by atoms with Crippen LogP contribution in [0.2, 0.25) is 0 Å². The first kappa shape index (κ1) is 14.8. The molecule has 0 spiro atoms. The van der Waals surface area contributed by atoms with Gasteiger partial charge in [-0.2, -0.15) is 0 Å². The van der Waals surface area contributed by atoms with E-state index in [1.54, 1.807) is 4.90 Å². The molecule has 1 amide bonds. The Labute approximate surface area is 128 Å². The number of amides is 1. The summed E-state index contributed by atoms with van der Waals surface area (Å²) in [5.41, 5.74) is 4.14. The summed E-state index contributed by atoms with van der Waals surface area (Å²) in [6.07, 6.45) is 0. The largest absolute Gasteiger partial charge is 0.337 e. The number of nitrogens with zero attached hydrogens (tertiary/aromatic N) is 1. The van der Waals surface area contributed by atoms with Gasteiger partial charge in [-0.1, -0.05) is 41.5 Å². The van der Waals surface area contributed by atoms with Gasteiger partial charge in [0.1, 0.15) is 0 Å². The molecule has 0 radical (unpaired) electrons. The maximum Gasteiger partial charge on any atom is 0.255 e. The summed E-state index contributed by atoms with van der Waals surface area (Å²) >= 11 is 3.45. The van der Waals surface area contributed by atoms with Crippen molar-refractivity contribution in [3.05, 3.63) is 69.2 Å². The molecule has 0 bridgehead atoms. The number of rotatable bonds is 3. The molecule has 2 nitrogen and oxygen atoms in total. The van der Waals surface area contributed by atoms with Crippen molar-refractivity contribution >= 4 is 21.8 Å². The second kappa shape index (κ2) is 6.23. The summed E-state index contributed by atoms with van der Waals surface area (Å²) in [7, 11) is 1.83. The van der Waals surface area contributed by atoms with E-state index < -0.39 is 0 Å². The smallest absolute Gasteiger partial charge is 0.255 e. The molecule has 0 aliphatic heterocycles. The number of hydrogen-bond acceptors (Lipinski definition) is 1. The Kier molecular flexibility index (Phi) is 4.61. The maximum absolute atomic E-state index is 12.5. The Balaban J connectivity index is 2.18. The topological polar surface area (TPSA) is 20.3 Å². The van der Waals surface area contributed by atoms with E-state index in [1.807, 2.05) is 44.3 Å². The van der Waals surface area contributed by atoms with Crippen molar-refractivity contribution in [1.82, 2.24) is 4.90 Å². The molecule has 0 unspecified atom stereocenters. The molecule has 0 saturated carbocycles. The zero-order valence-corrected chi connectivity index (χ0v) is 13.6. The number of hydrogen-bond donors (Lipinski definition) is 0. The van der Waals surface area contributed by atoms with Crippen LogP contribution in [0.4, 0.5) is 0 Å². The molecule has 0 fully saturated rings. The molecule has 2 aromatic rings. The minimum absolute atomic E-state index is 0.0297. The highest BCUT2D eigenvalue weighted by Gasteiger charge is 2.15. The van der Waals surface area contributed by atoms with Crippen LogP contribution in [0.25, 0.3) is 0 Å². The molecular weight excluding hydrogens is 314 g/mol. The predicted molar refractivity (Wildman–Crippen MR) is 85.9 cm³/mol. The zero-order chi connectivity index (χ0) is 14.7. The fourth-order valence-corrected chi connectivity index (χ4v) is 2.58. The lowest BCUT2D eigenvalue weighted by atomic mass is 10.1. The molecule has 3 heteroatoms. The first-order valence-electron chi connectivity index (χ1n) is 6.54. The van der Waals surface area contributed by atoms with Crippen LogP contribution in [-0.2, 0) is 6.54 Å². The van der Waals surface area contributed by atoms with Gasteiger partial charge < -0.3 is 4.90 Å². The van der Waals surface area contributed by atoms with Gasteiger partial charge in [-0.15, -0.1) is 0 Å². The third-order valence-corrected chi connectivity index (χ3v) is 3.89. The summed E-state index contributed by atoms with van der Waals surface area (Å²) in [5.74, 6) is 0.0297. The molecule has 2 rings (SSSR count). The van der Waals surface area contributed by atoms with Gasteiger partial charge in [-0.3, -0.25) is 4.79 Å². The van der Waals surface area contributed by atoms with E-state index in [-0.39, 0.29) is 5.91 Å². The van der Waals surface area contributed by atoms with Gasteiger partial charge in [0.05, 0.1) is 5.56 Å². The van der Waals surface area contributed by atoms with Crippen molar-refractivity contribution in [1.29, 1.82) is 0 Å². The SMILES string of the molecule is Cc1cccc(CN(C)C(=O)c2cc(C)ccc2Br)c1. The molecular formula is C17H18BrNO. The second-order valence-electron chi connectivity index (χ2n) is 5.13. The Morgan fingerprint density at radius 2 is 1.80 bits per heavy atom. The van der Waals surface area contributed by atoms with Crippen LogP contribution in [0.15, 0.2) is 46.9 Å². The normalized spacial score (nSPS) is 10.4. The Bertz CT molecular complexity index is 637. The van der Waals surface area contributed by atoms with E-state index in [0.29, 0.717) is 12.1 Å². The molecule has 0 aromatic heterocycles. The third-order valence-electron chi connectivity index (χ3n) is 3.20. The number of aryl methyl sites for hydroxylation is 2. The van der Waals surface area contributed by atoms with Crippen LogP contribution in [0, 0.1) is 13.8 Å². The number of benzene rings is 2. The zero-order valence-electron chi connectivity index (χ0n) is 12.0. The molecule has 20 heavy (non-hydrogen) atoms. The Hall–Kier alpha value is -1.61. The van der Waals surface area contributed by atoms with Crippen LogP contribution in [0.3, 0.4) is 0 Å². The van der Waals surface area contributed by atoms with Gasteiger partial charge in [0.15, 0.2) is 0 Å². The van der Waals surface area contributed by atoms with E-state index >= 15 is 0 Å². The molecule has 0 atom stereocenters. The highest BCUT2D eigenvalue weighted by Crippen LogP contribution is 2.20. The van der Waals surface area contributed by atoms with Gasteiger partial charge in [0.25, 0.3) is 5.91 Å². The van der Waals surface area contributed by atoms with Crippen LogP contribution in [0.5, 0.6) is 0 Å². The Morgan fingerprint density at radius 1 is 1.10 bits per heavy atom. The maximum atomic E-state index is 12.5. The summed E-state index contributed by atoms with van der Waals surface area (Å²) < 4.78 is 0.837. The van der Waals surface area contributed by atoms with E-state index in [1.165, 1.54) is 5.56 Å². The molecule has 0 aliphatic rings. The van der Waals surface area contributed by atoms with E-state index in [0.717, 1.165) is 15.6 Å². The van der Waals surface area contributed by atoms with Crippen LogP contribution >= 0.6 is 15.9 Å². The number of carbonyl (C=O) groups excluding carboxylic acids is 1. The minimum atomic E-state index is 0.0297. The fourth-order valence-electron chi connectivity index (χ4n) is 2.16. The highest BCUT2D eigenvalue weighted by molar-refractivity contribution is 9.10. The molecule has 0 heterocycles. The van der Waals surface area contributed by atoms with Gasteiger partial charge in [-0.25, -0.2) is 0 Å². The number of halogens is 1. The molecule has 0 N–H and O–H groups in total. The van der Waals surface area contributed by atoms with Crippen LogP contribution in [0.1, 0.15) is 27.0 Å². The fraction of sp³-hybridized carbons (Fsp3) is 0.235. The highest BCUT2D eigenvalue weighted by atomic mass is 79.9. The van der Waals surface area contributed by atoms with Crippen molar-refractivity contribution in [2.24, 2.45) is 0 Å². The second-order valence-corrected chi connectivity index (χ2v) is 5.99. The van der Waals surface area contributed by atoms with Gasteiger partial charge >= 0.3 is 0 Å². The summed E-state index contributed by atoms with van der Waals surface area (Å²) in [5, 5.41) is 0. The van der Waals surface area contributed by atoms with E-state index in [9.17, 15) is 4.79 Å². The lowest BCUT2D eigenvalue weighted by Gasteiger charge is -2.18. The van der Waals surface area contributed by atoms with E-state index in [4.69, 9.17) is 0 Å². The minimum Gasteiger partial charge on any atom is -0.337 e. The van der Waals surface area contributed by atoms with Crippen LogP contribution < -0.4 is 0 Å². The van der Waals surface area contributed by atoms with E-state index in [2.05, 4.69) is 35.0 Å².